The van der Waals surface area contributed by atoms with Crippen LogP contribution in [0.4, 0.5) is 11.6 Å². The van der Waals surface area contributed by atoms with Crippen LogP contribution in [0.15, 0.2) is 66.4 Å². The molecule has 0 radical (unpaired) electrons. The van der Waals surface area contributed by atoms with E-state index in [0.29, 0.717) is 5.95 Å². The minimum atomic E-state index is 0.557. The zero-order valence-electron chi connectivity index (χ0n) is 14.5. The molecule has 1 aromatic carbocycles. The monoisotopic (exact) mass is 369 g/mol. The van der Waals surface area contributed by atoms with Crippen molar-refractivity contribution in [1.82, 2.24) is 19.9 Å². The summed E-state index contributed by atoms with van der Waals surface area (Å²) in [6.07, 6.45) is 5.54. The highest BCUT2D eigenvalue weighted by Gasteiger charge is 2.11. The molecule has 0 aliphatic carbocycles. The quantitative estimate of drug-likeness (QED) is 0.464. The summed E-state index contributed by atoms with van der Waals surface area (Å²) in [4.78, 5) is 18.0. The van der Waals surface area contributed by atoms with Crippen molar-refractivity contribution in [3.05, 3.63) is 72.1 Å². The largest absolute Gasteiger partial charge is 0.323 e. The van der Waals surface area contributed by atoms with E-state index in [4.69, 9.17) is 4.98 Å². The molecule has 5 nitrogen and oxygen atoms in total. The van der Waals surface area contributed by atoms with Gasteiger partial charge in [-0.3, -0.25) is 9.97 Å². The van der Waals surface area contributed by atoms with Gasteiger partial charge >= 0.3 is 0 Å². The molecule has 5 aromatic rings. The normalized spacial score (nSPS) is 11.1. The Bertz CT molecular complexity index is 1260. The van der Waals surface area contributed by atoms with E-state index in [9.17, 15) is 0 Å². The minimum absolute atomic E-state index is 0.557. The number of thiophene rings is 1. The lowest BCUT2D eigenvalue weighted by Gasteiger charge is -2.06. The van der Waals surface area contributed by atoms with Gasteiger partial charge in [-0.1, -0.05) is 18.2 Å². The number of fused-ring (bicyclic) bond motifs is 2. The molecular formula is C21H15N5S. The first-order valence-corrected chi connectivity index (χ1v) is 9.43. The molecule has 0 unspecified atom stereocenters. The number of para-hydroxylation sites is 1. The Morgan fingerprint density at radius 2 is 1.85 bits per heavy atom. The van der Waals surface area contributed by atoms with E-state index in [1.165, 1.54) is 0 Å². The first-order chi connectivity index (χ1) is 13.3. The van der Waals surface area contributed by atoms with Gasteiger partial charge in [-0.15, -0.1) is 11.3 Å². The van der Waals surface area contributed by atoms with Crippen molar-refractivity contribution in [3.63, 3.8) is 0 Å². The molecule has 4 heterocycles. The van der Waals surface area contributed by atoms with Crippen molar-refractivity contribution in [2.45, 2.75) is 6.92 Å². The molecule has 0 saturated carbocycles. The molecule has 0 bridgehead atoms. The van der Waals surface area contributed by atoms with Gasteiger partial charge in [0.2, 0.25) is 5.95 Å². The highest BCUT2D eigenvalue weighted by atomic mass is 32.1. The van der Waals surface area contributed by atoms with Gasteiger partial charge in [-0.2, -0.15) is 0 Å². The van der Waals surface area contributed by atoms with Crippen LogP contribution in [0, 0.1) is 6.92 Å². The predicted octanol–water partition coefficient (Wildman–Crippen LogP) is 5.35. The fraction of sp³-hybridized carbons (Fsp3) is 0.0476. The number of nitrogens with one attached hydrogen (secondary N) is 1. The minimum Gasteiger partial charge on any atom is -0.323 e. The summed E-state index contributed by atoms with van der Waals surface area (Å²) in [5.74, 6) is 0.557. The van der Waals surface area contributed by atoms with Crippen molar-refractivity contribution in [3.8, 4) is 11.1 Å². The maximum atomic E-state index is 4.74. The van der Waals surface area contributed by atoms with Crippen LogP contribution < -0.4 is 5.32 Å². The molecule has 0 spiro atoms. The molecule has 0 atom stereocenters. The average Bonchev–Trinajstić information content (AvgIpc) is 3.13. The van der Waals surface area contributed by atoms with Crippen molar-refractivity contribution in [1.29, 1.82) is 0 Å². The lowest BCUT2D eigenvalue weighted by Crippen LogP contribution is -1.97. The third-order valence-electron chi connectivity index (χ3n) is 4.38. The summed E-state index contributed by atoms with van der Waals surface area (Å²) >= 11 is 1.64. The van der Waals surface area contributed by atoms with E-state index in [-0.39, 0.29) is 0 Å². The Kier molecular flexibility index (Phi) is 3.76. The molecule has 130 valence electrons. The summed E-state index contributed by atoms with van der Waals surface area (Å²) in [5.41, 5.74) is 5.88. The number of rotatable bonds is 3. The van der Waals surface area contributed by atoms with Crippen LogP contribution in [-0.2, 0) is 0 Å². The lowest BCUT2D eigenvalue weighted by molar-refractivity contribution is 1.18. The van der Waals surface area contributed by atoms with Crippen LogP contribution in [0.3, 0.4) is 0 Å². The van der Waals surface area contributed by atoms with E-state index >= 15 is 0 Å². The average molecular weight is 369 g/mol. The highest BCUT2D eigenvalue weighted by molar-refractivity contribution is 7.17. The van der Waals surface area contributed by atoms with Gasteiger partial charge in [0, 0.05) is 33.8 Å². The van der Waals surface area contributed by atoms with Crippen LogP contribution >= 0.6 is 11.3 Å². The van der Waals surface area contributed by atoms with Crippen molar-refractivity contribution in [2.75, 3.05) is 5.32 Å². The van der Waals surface area contributed by atoms with Crippen molar-refractivity contribution in [2.24, 2.45) is 0 Å². The molecule has 0 amide bonds. The molecule has 1 N–H and O–H groups in total. The van der Waals surface area contributed by atoms with Gasteiger partial charge < -0.3 is 5.32 Å². The van der Waals surface area contributed by atoms with E-state index in [0.717, 1.165) is 43.6 Å². The van der Waals surface area contributed by atoms with Gasteiger partial charge in [-0.25, -0.2) is 9.97 Å². The number of anilines is 2. The molecule has 0 fully saturated rings. The van der Waals surface area contributed by atoms with Crippen molar-refractivity contribution >= 4 is 44.1 Å². The van der Waals surface area contributed by atoms with Gasteiger partial charge in [-0.05, 0) is 31.2 Å². The maximum absolute atomic E-state index is 4.74. The van der Waals surface area contributed by atoms with Crippen LogP contribution in [0.2, 0.25) is 0 Å². The number of aromatic nitrogens is 4. The lowest BCUT2D eigenvalue weighted by atomic mass is 10.1. The number of nitrogens with zero attached hydrogens (tertiary/aromatic N) is 4. The van der Waals surface area contributed by atoms with Gasteiger partial charge in [0.15, 0.2) is 0 Å². The van der Waals surface area contributed by atoms with Crippen LogP contribution in [0.5, 0.6) is 0 Å². The van der Waals surface area contributed by atoms with Gasteiger partial charge in [0.05, 0.1) is 33.8 Å². The standard InChI is InChI=1S/C21H15N5S/c1-13-6-7-16(10-22-13)25-21-24-11-19-20(26-21)17(12-27-19)15-8-14-4-2-3-5-18(14)23-9-15/h2-12H,1H3,(H,24,25,26). The molecular weight excluding hydrogens is 354 g/mol. The number of hydrogen-bond donors (Lipinski definition) is 1. The Hall–Kier alpha value is -3.38. The second kappa shape index (κ2) is 6.41. The number of hydrogen-bond acceptors (Lipinski definition) is 6. The maximum Gasteiger partial charge on any atom is 0.227 e. The topological polar surface area (TPSA) is 63.6 Å². The zero-order chi connectivity index (χ0) is 18.2. The summed E-state index contributed by atoms with van der Waals surface area (Å²) in [5, 5.41) is 6.46. The zero-order valence-corrected chi connectivity index (χ0v) is 15.4. The fourth-order valence-electron chi connectivity index (χ4n) is 2.98. The smallest absolute Gasteiger partial charge is 0.227 e. The molecule has 0 saturated heterocycles. The predicted molar refractivity (Wildman–Crippen MR) is 110 cm³/mol. The number of pyridine rings is 2. The summed E-state index contributed by atoms with van der Waals surface area (Å²) in [6, 6.07) is 14.2. The van der Waals surface area contributed by atoms with Crippen LogP contribution in [0.25, 0.3) is 32.2 Å². The molecule has 5 rings (SSSR count). The fourth-order valence-corrected chi connectivity index (χ4v) is 3.86. The van der Waals surface area contributed by atoms with E-state index in [2.05, 4.69) is 37.8 Å². The first-order valence-electron chi connectivity index (χ1n) is 8.55. The molecule has 0 aliphatic rings. The van der Waals surface area contributed by atoms with E-state index in [1.807, 2.05) is 49.6 Å². The van der Waals surface area contributed by atoms with E-state index < -0.39 is 0 Å². The van der Waals surface area contributed by atoms with Crippen LogP contribution in [-0.4, -0.2) is 19.9 Å². The molecule has 6 heteroatoms. The highest BCUT2D eigenvalue weighted by Crippen LogP contribution is 2.34. The Morgan fingerprint density at radius 1 is 0.926 bits per heavy atom. The van der Waals surface area contributed by atoms with Gasteiger partial charge in [0.25, 0.3) is 0 Å². The Balaban J connectivity index is 1.57. The molecule has 4 aromatic heterocycles. The summed E-state index contributed by atoms with van der Waals surface area (Å²) in [7, 11) is 0. The Labute approximate surface area is 159 Å². The summed E-state index contributed by atoms with van der Waals surface area (Å²) in [6.45, 7) is 1.96. The number of benzene rings is 1. The second-order valence-corrected chi connectivity index (χ2v) is 7.20. The third kappa shape index (κ3) is 3.00. The van der Waals surface area contributed by atoms with E-state index in [1.54, 1.807) is 17.5 Å². The van der Waals surface area contributed by atoms with Crippen molar-refractivity contribution < 1.29 is 0 Å². The third-order valence-corrected chi connectivity index (χ3v) is 5.29. The van der Waals surface area contributed by atoms with Gasteiger partial charge in [0.1, 0.15) is 0 Å². The first kappa shape index (κ1) is 15.8. The second-order valence-electron chi connectivity index (χ2n) is 6.29. The number of aryl methyl sites for hydroxylation is 1. The van der Waals surface area contributed by atoms with Crippen LogP contribution in [0.1, 0.15) is 5.69 Å². The Morgan fingerprint density at radius 3 is 2.74 bits per heavy atom. The molecule has 27 heavy (non-hydrogen) atoms. The molecule has 0 aliphatic heterocycles. The SMILES string of the molecule is Cc1ccc(Nc2ncc3scc(-c4cnc5ccccc5c4)c3n2)cn1. The summed E-state index contributed by atoms with van der Waals surface area (Å²) < 4.78 is 1.05.